The molecule has 2 aromatic carbocycles. The first-order valence-electron chi connectivity index (χ1n) is 8.88. The lowest BCUT2D eigenvalue weighted by atomic mass is 10.1. The maximum atomic E-state index is 13.2. The average molecular weight is 465 g/mol. The molecule has 0 radical (unpaired) electrons. The summed E-state index contributed by atoms with van der Waals surface area (Å²) in [7, 11) is -4.04. The highest BCUT2D eigenvalue weighted by Crippen LogP contribution is 2.36. The van der Waals surface area contributed by atoms with Gasteiger partial charge in [0, 0.05) is 11.6 Å². The van der Waals surface area contributed by atoms with E-state index < -0.39 is 39.9 Å². The minimum absolute atomic E-state index is 0.0598. The van der Waals surface area contributed by atoms with Crippen molar-refractivity contribution in [1.82, 2.24) is 4.31 Å². The fourth-order valence-corrected chi connectivity index (χ4v) is 4.18. The number of carbonyl (C=O) groups excluding carboxylic acids is 1. The van der Waals surface area contributed by atoms with Crippen LogP contribution in [0.2, 0.25) is 5.02 Å². The molecule has 0 aliphatic carbocycles. The molecule has 1 N–H and O–H groups in total. The zero-order valence-corrected chi connectivity index (χ0v) is 17.7. The average Bonchev–Trinajstić information content (AvgIpc) is 2.67. The molecule has 2 rings (SSSR count). The fourth-order valence-electron chi connectivity index (χ4n) is 2.60. The normalized spacial score (nSPS) is 12.1. The minimum atomic E-state index is -4.74. The van der Waals surface area contributed by atoms with E-state index in [1.165, 1.54) is 37.3 Å². The van der Waals surface area contributed by atoms with Crippen LogP contribution in [0.15, 0.2) is 47.4 Å². The van der Waals surface area contributed by atoms with Gasteiger partial charge in [0.25, 0.3) is 0 Å². The molecular weight excluding hydrogens is 445 g/mol. The van der Waals surface area contributed by atoms with Crippen molar-refractivity contribution in [3.05, 3.63) is 53.1 Å². The molecule has 0 atom stereocenters. The van der Waals surface area contributed by atoms with Gasteiger partial charge in [0.1, 0.15) is 5.75 Å². The highest BCUT2D eigenvalue weighted by Gasteiger charge is 2.34. The van der Waals surface area contributed by atoms with Crippen molar-refractivity contribution < 1.29 is 31.1 Å². The van der Waals surface area contributed by atoms with Gasteiger partial charge in [-0.3, -0.25) is 4.79 Å². The molecule has 164 valence electrons. The standard InChI is InChI=1S/C19H20ClF3N2O4S/c1-3-25(30(27,28)15-8-6-14(7-9-15)29-4-2)12-18(26)24-17-10-5-13(20)11-16(17)19(21,22)23/h5-11H,3-4,12H2,1-2H3,(H,24,26). The Labute approximate surface area is 177 Å². The number of hydrogen-bond acceptors (Lipinski definition) is 4. The lowest BCUT2D eigenvalue weighted by Crippen LogP contribution is -2.38. The van der Waals surface area contributed by atoms with Gasteiger partial charge in [-0.1, -0.05) is 18.5 Å². The zero-order chi connectivity index (χ0) is 22.5. The summed E-state index contributed by atoms with van der Waals surface area (Å²) in [5, 5.41) is 1.97. The zero-order valence-electron chi connectivity index (χ0n) is 16.2. The van der Waals surface area contributed by atoms with E-state index in [9.17, 15) is 26.4 Å². The molecule has 0 aromatic heterocycles. The van der Waals surface area contributed by atoms with Gasteiger partial charge in [0.2, 0.25) is 15.9 Å². The third kappa shape index (κ3) is 5.87. The summed E-state index contributed by atoms with van der Waals surface area (Å²) in [4.78, 5) is 12.3. The van der Waals surface area contributed by atoms with Crippen molar-refractivity contribution in [2.75, 3.05) is 25.0 Å². The second-order valence-electron chi connectivity index (χ2n) is 6.07. The second kappa shape index (κ2) is 9.67. The van der Waals surface area contributed by atoms with Gasteiger partial charge in [-0.2, -0.15) is 17.5 Å². The van der Waals surface area contributed by atoms with Crippen molar-refractivity contribution in [2.24, 2.45) is 0 Å². The van der Waals surface area contributed by atoms with Crippen LogP contribution in [0.25, 0.3) is 0 Å². The highest BCUT2D eigenvalue weighted by atomic mass is 35.5. The molecule has 30 heavy (non-hydrogen) atoms. The Morgan fingerprint density at radius 1 is 1.13 bits per heavy atom. The molecule has 2 aromatic rings. The third-order valence-corrected chi connectivity index (χ3v) is 6.18. The number of benzene rings is 2. The van der Waals surface area contributed by atoms with Crippen LogP contribution in [0.4, 0.5) is 18.9 Å². The molecule has 0 spiro atoms. The number of hydrogen-bond donors (Lipinski definition) is 1. The Morgan fingerprint density at radius 3 is 2.30 bits per heavy atom. The van der Waals surface area contributed by atoms with Crippen molar-refractivity contribution in [3.63, 3.8) is 0 Å². The van der Waals surface area contributed by atoms with Gasteiger partial charge in [-0.05, 0) is 49.4 Å². The minimum Gasteiger partial charge on any atom is -0.494 e. The number of sulfonamides is 1. The number of ether oxygens (including phenoxy) is 1. The van der Waals surface area contributed by atoms with Crippen LogP contribution in [0, 0.1) is 0 Å². The number of amides is 1. The van der Waals surface area contributed by atoms with Crippen LogP contribution in [-0.4, -0.2) is 38.3 Å². The van der Waals surface area contributed by atoms with E-state index in [2.05, 4.69) is 5.32 Å². The number of nitrogens with one attached hydrogen (secondary N) is 1. The van der Waals surface area contributed by atoms with Gasteiger partial charge < -0.3 is 10.1 Å². The molecular formula is C19H20ClF3N2O4S. The Morgan fingerprint density at radius 2 is 1.77 bits per heavy atom. The summed E-state index contributed by atoms with van der Waals surface area (Å²) in [6.45, 7) is 3.00. The summed E-state index contributed by atoms with van der Waals surface area (Å²) < 4.78 is 71.3. The first kappa shape index (κ1) is 24.0. The predicted octanol–water partition coefficient (Wildman–Crippen LogP) is 4.41. The number of nitrogens with zero attached hydrogens (tertiary/aromatic N) is 1. The van der Waals surface area contributed by atoms with Crippen LogP contribution in [0.3, 0.4) is 0 Å². The Kier molecular flexibility index (Phi) is 7.73. The number of likely N-dealkylation sites (N-methyl/N-ethyl adjacent to an activating group) is 1. The number of halogens is 4. The SMILES string of the molecule is CCOc1ccc(S(=O)(=O)N(CC)CC(=O)Nc2ccc(Cl)cc2C(F)(F)F)cc1. The first-order chi connectivity index (χ1) is 14.0. The van der Waals surface area contributed by atoms with Gasteiger partial charge >= 0.3 is 6.18 Å². The summed E-state index contributed by atoms with van der Waals surface area (Å²) in [5.74, 6) is -0.432. The summed E-state index contributed by atoms with van der Waals surface area (Å²) >= 11 is 5.62. The molecule has 0 bridgehead atoms. The van der Waals surface area contributed by atoms with Crippen LogP contribution in [0.5, 0.6) is 5.75 Å². The lowest BCUT2D eigenvalue weighted by molar-refractivity contribution is -0.137. The second-order valence-corrected chi connectivity index (χ2v) is 8.45. The fraction of sp³-hybridized carbons (Fsp3) is 0.316. The first-order valence-corrected chi connectivity index (χ1v) is 10.7. The molecule has 0 unspecified atom stereocenters. The van der Waals surface area contributed by atoms with Crippen molar-refractivity contribution in [1.29, 1.82) is 0 Å². The van der Waals surface area contributed by atoms with E-state index in [1.54, 1.807) is 6.92 Å². The van der Waals surface area contributed by atoms with E-state index in [-0.39, 0.29) is 16.5 Å². The molecule has 1 amide bonds. The summed E-state index contributed by atoms with van der Waals surface area (Å²) in [6, 6.07) is 8.53. The Hall–Kier alpha value is -2.30. The third-order valence-electron chi connectivity index (χ3n) is 4.01. The quantitative estimate of drug-likeness (QED) is 0.628. The van der Waals surface area contributed by atoms with Gasteiger partial charge in [0.15, 0.2) is 0 Å². The molecule has 11 heteroatoms. The van der Waals surface area contributed by atoms with E-state index >= 15 is 0 Å². The van der Waals surface area contributed by atoms with Gasteiger partial charge in [-0.15, -0.1) is 0 Å². The monoisotopic (exact) mass is 464 g/mol. The van der Waals surface area contributed by atoms with Gasteiger partial charge in [-0.25, -0.2) is 8.42 Å². The molecule has 0 heterocycles. The number of rotatable bonds is 8. The van der Waals surface area contributed by atoms with E-state index in [0.717, 1.165) is 10.4 Å². The largest absolute Gasteiger partial charge is 0.494 e. The summed E-state index contributed by atoms with van der Waals surface area (Å²) in [5.41, 5.74) is -1.63. The van der Waals surface area contributed by atoms with Crippen molar-refractivity contribution in [3.8, 4) is 5.75 Å². The topological polar surface area (TPSA) is 75.7 Å². The number of carbonyl (C=O) groups is 1. The summed E-state index contributed by atoms with van der Waals surface area (Å²) in [6.07, 6.45) is -4.74. The smallest absolute Gasteiger partial charge is 0.418 e. The predicted molar refractivity (Wildman–Crippen MR) is 107 cm³/mol. The van der Waals surface area contributed by atoms with E-state index in [0.29, 0.717) is 18.4 Å². The van der Waals surface area contributed by atoms with Crippen LogP contribution in [-0.2, 0) is 21.0 Å². The maximum Gasteiger partial charge on any atom is 0.418 e. The van der Waals surface area contributed by atoms with Crippen molar-refractivity contribution in [2.45, 2.75) is 24.9 Å². The number of anilines is 1. The van der Waals surface area contributed by atoms with Crippen molar-refractivity contribution >= 4 is 33.2 Å². The van der Waals surface area contributed by atoms with E-state index in [1.807, 2.05) is 0 Å². The molecule has 0 fully saturated rings. The van der Waals surface area contributed by atoms with Gasteiger partial charge in [0.05, 0.1) is 29.3 Å². The molecule has 0 aliphatic rings. The van der Waals surface area contributed by atoms with Crippen LogP contribution < -0.4 is 10.1 Å². The molecule has 0 aliphatic heterocycles. The Balaban J connectivity index is 2.20. The van der Waals surface area contributed by atoms with Crippen LogP contribution in [0.1, 0.15) is 19.4 Å². The maximum absolute atomic E-state index is 13.2. The van der Waals surface area contributed by atoms with Crippen LogP contribution >= 0.6 is 11.6 Å². The van der Waals surface area contributed by atoms with E-state index in [4.69, 9.17) is 16.3 Å². The Bertz CT molecular complexity index is 996. The highest BCUT2D eigenvalue weighted by molar-refractivity contribution is 7.89. The lowest BCUT2D eigenvalue weighted by Gasteiger charge is -2.21. The molecule has 0 saturated heterocycles. The molecule has 0 saturated carbocycles. The molecule has 6 nitrogen and oxygen atoms in total. The number of alkyl halides is 3.